The molecule has 1 aromatic carbocycles. The highest BCUT2D eigenvalue weighted by molar-refractivity contribution is 7.55. The molecule has 1 unspecified atom stereocenters. The van der Waals surface area contributed by atoms with Crippen molar-refractivity contribution in [2.75, 3.05) is 26.0 Å². The summed E-state index contributed by atoms with van der Waals surface area (Å²) in [5.41, 5.74) is 0.429. The van der Waals surface area contributed by atoms with E-state index in [2.05, 4.69) is 6.92 Å². The molecule has 0 spiro atoms. The van der Waals surface area contributed by atoms with E-state index in [1.807, 2.05) is 0 Å². The molecule has 0 radical (unpaired) electrons. The van der Waals surface area contributed by atoms with Gasteiger partial charge < -0.3 is 19.6 Å². The van der Waals surface area contributed by atoms with Gasteiger partial charge in [-0.2, -0.15) is 4.39 Å². The van der Waals surface area contributed by atoms with Gasteiger partial charge in [-0.1, -0.05) is 38.7 Å². The van der Waals surface area contributed by atoms with E-state index in [1.54, 1.807) is 6.07 Å². The minimum absolute atomic E-state index is 0.0269. The zero-order valence-corrected chi connectivity index (χ0v) is 18.5. The van der Waals surface area contributed by atoms with Crippen LogP contribution in [0.4, 0.5) is 8.78 Å². The van der Waals surface area contributed by atoms with E-state index >= 15 is 0 Å². The minimum Gasteiger partial charge on any atom is -0.488 e. The van der Waals surface area contributed by atoms with Gasteiger partial charge >= 0.3 is 0 Å². The third kappa shape index (κ3) is 7.89. The van der Waals surface area contributed by atoms with Crippen LogP contribution in [0.5, 0.6) is 5.75 Å². The number of nitrogens with one attached hydrogen (secondary N) is 1. The van der Waals surface area contributed by atoms with Crippen LogP contribution in [0, 0.1) is 17.6 Å². The molecule has 1 fully saturated rings. The molecule has 6 nitrogen and oxygen atoms in total. The fourth-order valence-electron chi connectivity index (χ4n) is 3.97. The predicted octanol–water partition coefficient (Wildman–Crippen LogP) is 5.38. The molecule has 30 heavy (non-hydrogen) atoms. The van der Waals surface area contributed by atoms with E-state index in [9.17, 15) is 13.3 Å². The molecule has 1 aliphatic carbocycles. The molecule has 172 valence electrons. The molecule has 1 aromatic rings. The first kappa shape index (κ1) is 25.2. The van der Waals surface area contributed by atoms with Gasteiger partial charge in [-0.15, -0.1) is 5.25 Å². The predicted molar refractivity (Wildman–Crippen MR) is 111 cm³/mol. The first-order valence-corrected chi connectivity index (χ1v) is 12.6. The molecule has 3 N–H and O–H groups in total. The maximum absolute atomic E-state index is 14.6. The van der Waals surface area contributed by atoms with Crippen molar-refractivity contribution in [3.05, 3.63) is 29.3 Å². The standard InChI is InChI=1S/C21H34F2NO5P/c1-2-3-4-5-16-6-8-17(9-7-16)18-10-11-19(21(23)20(18)22)29-13-12-28-14-15-30(26,27)24-25/h10-11,16-17,25H,2-9,12-15H2,1H3,(H2,24,26,27). The highest BCUT2D eigenvalue weighted by Crippen LogP contribution is 2.40. The molecule has 0 aromatic heterocycles. The van der Waals surface area contributed by atoms with Gasteiger partial charge in [0.15, 0.2) is 11.6 Å². The number of hydrogen-bond donors (Lipinski definition) is 3. The number of rotatable bonds is 13. The first-order valence-electron chi connectivity index (χ1n) is 10.8. The molecule has 0 bridgehead atoms. The van der Waals surface area contributed by atoms with E-state index in [0.717, 1.165) is 25.7 Å². The Bertz CT molecular complexity index is 698. The van der Waals surface area contributed by atoms with Crippen LogP contribution in [0.3, 0.4) is 0 Å². The van der Waals surface area contributed by atoms with Crippen LogP contribution >= 0.6 is 7.52 Å². The summed E-state index contributed by atoms with van der Waals surface area (Å²) in [5.74, 6) is -1.23. The molecular formula is C21H34F2NO5P. The molecule has 0 saturated heterocycles. The van der Waals surface area contributed by atoms with Crippen molar-refractivity contribution < 1.29 is 32.9 Å². The van der Waals surface area contributed by atoms with Crippen molar-refractivity contribution in [3.8, 4) is 5.75 Å². The molecule has 9 heteroatoms. The summed E-state index contributed by atoms with van der Waals surface area (Å²) in [6, 6.07) is 3.07. The van der Waals surface area contributed by atoms with Crippen LogP contribution in [0.15, 0.2) is 12.1 Å². The molecule has 0 heterocycles. The van der Waals surface area contributed by atoms with Crippen LogP contribution in [0.1, 0.15) is 69.8 Å². The van der Waals surface area contributed by atoms with Crippen LogP contribution < -0.4 is 9.99 Å². The lowest BCUT2D eigenvalue weighted by atomic mass is 9.77. The summed E-state index contributed by atoms with van der Waals surface area (Å²) in [6.45, 7) is 2.12. The highest BCUT2D eigenvalue weighted by Gasteiger charge is 2.26. The second-order valence-corrected chi connectivity index (χ2v) is 10.0. The summed E-state index contributed by atoms with van der Waals surface area (Å²) in [4.78, 5) is 9.11. The number of halogens is 2. The van der Waals surface area contributed by atoms with Crippen molar-refractivity contribution in [2.24, 2.45) is 5.92 Å². The van der Waals surface area contributed by atoms with Gasteiger partial charge in [0.2, 0.25) is 5.82 Å². The maximum Gasteiger partial charge on any atom is 0.291 e. The van der Waals surface area contributed by atoms with E-state index in [-0.39, 0.29) is 37.6 Å². The zero-order chi connectivity index (χ0) is 22.0. The lowest BCUT2D eigenvalue weighted by Crippen LogP contribution is -2.16. The quantitative estimate of drug-likeness (QED) is 0.213. The smallest absolute Gasteiger partial charge is 0.291 e. The molecule has 0 amide bonds. The third-order valence-corrected chi connectivity index (χ3v) is 6.86. The monoisotopic (exact) mass is 449 g/mol. The Hall–Kier alpha value is -1.05. The molecule has 1 saturated carbocycles. The zero-order valence-electron chi connectivity index (χ0n) is 17.6. The van der Waals surface area contributed by atoms with Crippen LogP contribution in [-0.2, 0) is 9.30 Å². The summed E-state index contributed by atoms with van der Waals surface area (Å²) >= 11 is 0. The number of benzene rings is 1. The molecular weight excluding hydrogens is 415 g/mol. The Balaban J connectivity index is 1.78. The number of unbranched alkanes of at least 4 members (excludes halogenated alkanes) is 2. The van der Waals surface area contributed by atoms with Gasteiger partial charge in [-0.3, -0.25) is 4.57 Å². The topological polar surface area (TPSA) is 88.0 Å². The van der Waals surface area contributed by atoms with Crippen molar-refractivity contribution in [1.29, 1.82) is 0 Å². The summed E-state index contributed by atoms with van der Waals surface area (Å²) < 4.78 is 50.6. The molecule has 1 atom stereocenters. The van der Waals surface area contributed by atoms with Crippen LogP contribution in [0.2, 0.25) is 0 Å². The fraction of sp³-hybridized carbons (Fsp3) is 0.714. The lowest BCUT2D eigenvalue weighted by Gasteiger charge is -2.29. The van der Waals surface area contributed by atoms with E-state index < -0.39 is 19.2 Å². The second-order valence-electron chi connectivity index (χ2n) is 7.98. The Morgan fingerprint density at radius 3 is 2.50 bits per heavy atom. The first-order chi connectivity index (χ1) is 14.4. The van der Waals surface area contributed by atoms with Crippen molar-refractivity contribution in [1.82, 2.24) is 5.25 Å². The second kappa shape index (κ2) is 12.7. The summed E-state index contributed by atoms with van der Waals surface area (Å²) in [5, 5.41) is 9.78. The normalized spacial score (nSPS) is 21.4. The van der Waals surface area contributed by atoms with Gasteiger partial charge in [0, 0.05) is 0 Å². The van der Waals surface area contributed by atoms with Crippen molar-refractivity contribution >= 4 is 7.52 Å². The number of hydrogen-bond acceptors (Lipinski definition) is 4. The molecule has 1 aliphatic rings. The van der Waals surface area contributed by atoms with Crippen molar-refractivity contribution in [2.45, 2.75) is 64.2 Å². The van der Waals surface area contributed by atoms with Crippen LogP contribution in [-0.4, -0.2) is 36.1 Å². The molecule has 2 rings (SSSR count). The Kier molecular flexibility index (Phi) is 10.7. The summed E-state index contributed by atoms with van der Waals surface area (Å²) in [7, 11) is -3.80. The van der Waals surface area contributed by atoms with Gasteiger partial charge in [0.05, 0.1) is 19.4 Å². The van der Waals surface area contributed by atoms with Gasteiger partial charge in [-0.05, 0) is 49.1 Å². The minimum atomic E-state index is -3.80. The Morgan fingerprint density at radius 2 is 1.83 bits per heavy atom. The number of ether oxygens (including phenoxy) is 2. The SMILES string of the molecule is CCCCCC1CCC(c2ccc(OCCOCCP(=O)(O)NO)c(F)c2F)CC1. The van der Waals surface area contributed by atoms with E-state index in [1.165, 1.54) is 37.0 Å². The maximum atomic E-state index is 14.6. The Morgan fingerprint density at radius 1 is 1.10 bits per heavy atom. The highest BCUT2D eigenvalue weighted by atomic mass is 31.2. The van der Waals surface area contributed by atoms with Crippen LogP contribution in [0.25, 0.3) is 0 Å². The average molecular weight is 449 g/mol. The van der Waals surface area contributed by atoms with Gasteiger partial charge in [0.1, 0.15) is 6.61 Å². The average Bonchev–Trinajstić information content (AvgIpc) is 2.74. The van der Waals surface area contributed by atoms with E-state index in [4.69, 9.17) is 19.6 Å². The lowest BCUT2D eigenvalue weighted by molar-refractivity contribution is 0.107. The summed E-state index contributed by atoms with van der Waals surface area (Å²) in [6.07, 6.45) is 8.59. The third-order valence-electron chi connectivity index (χ3n) is 5.76. The van der Waals surface area contributed by atoms with Gasteiger partial charge in [-0.25, -0.2) is 4.39 Å². The fourth-order valence-corrected chi connectivity index (χ4v) is 4.45. The van der Waals surface area contributed by atoms with E-state index in [0.29, 0.717) is 11.5 Å². The largest absolute Gasteiger partial charge is 0.488 e. The van der Waals surface area contributed by atoms with Crippen molar-refractivity contribution in [3.63, 3.8) is 0 Å². The Labute approximate surface area is 177 Å². The van der Waals surface area contributed by atoms with Gasteiger partial charge in [0.25, 0.3) is 7.52 Å². The molecule has 0 aliphatic heterocycles.